The number of hydrogen-bond donors (Lipinski definition) is 1. The van der Waals surface area contributed by atoms with Gasteiger partial charge >= 0.3 is 0 Å². The Morgan fingerprint density at radius 3 is 2.85 bits per heavy atom. The van der Waals surface area contributed by atoms with Crippen LogP contribution < -0.4 is 5.32 Å². The van der Waals surface area contributed by atoms with Crippen LogP contribution in [0, 0.1) is 0 Å². The fourth-order valence-electron chi connectivity index (χ4n) is 3.72. The Balaban J connectivity index is 1.32. The molecule has 0 saturated heterocycles. The first-order valence-electron chi connectivity index (χ1n) is 9.37. The number of aryl methyl sites for hydroxylation is 1. The normalized spacial score (nSPS) is 17.4. The van der Waals surface area contributed by atoms with E-state index in [-0.39, 0.29) is 0 Å². The number of benzene rings is 2. The maximum atomic E-state index is 5.91. The van der Waals surface area contributed by atoms with Gasteiger partial charge in [-0.25, -0.2) is 0 Å². The van der Waals surface area contributed by atoms with Gasteiger partial charge in [-0.15, -0.1) is 0 Å². The third kappa shape index (κ3) is 4.17. The maximum Gasteiger partial charge on any atom is 0.0785 e. The lowest BCUT2D eigenvalue weighted by molar-refractivity contribution is 0.456. The highest BCUT2D eigenvalue weighted by Crippen LogP contribution is 2.27. The van der Waals surface area contributed by atoms with Crippen LogP contribution in [-0.4, -0.2) is 22.4 Å². The van der Waals surface area contributed by atoms with Gasteiger partial charge in [-0.05, 0) is 47.2 Å². The van der Waals surface area contributed by atoms with E-state index in [1.807, 2.05) is 10.9 Å². The van der Waals surface area contributed by atoms with E-state index in [2.05, 4.69) is 59.0 Å². The first kappa shape index (κ1) is 17.3. The molecule has 3 nitrogen and oxygen atoms in total. The SMILES string of the molecule is Clc1cnn(CCCCC2CC(c3ccc4ccccc4c3)=CCN2)c1. The molecular formula is C22H24ClN3. The van der Waals surface area contributed by atoms with E-state index in [9.17, 15) is 0 Å². The molecule has 0 bridgehead atoms. The first-order valence-corrected chi connectivity index (χ1v) is 9.75. The average Bonchev–Trinajstić information content (AvgIpc) is 3.10. The highest BCUT2D eigenvalue weighted by Gasteiger charge is 2.16. The van der Waals surface area contributed by atoms with Crippen molar-refractivity contribution in [3.05, 3.63) is 71.5 Å². The summed E-state index contributed by atoms with van der Waals surface area (Å²) in [5, 5.41) is 11.2. The van der Waals surface area contributed by atoms with Crippen LogP contribution in [-0.2, 0) is 6.54 Å². The molecule has 1 N–H and O–H groups in total. The van der Waals surface area contributed by atoms with E-state index < -0.39 is 0 Å². The molecule has 2 aromatic carbocycles. The van der Waals surface area contributed by atoms with Crippen molar-refractivity contribution in [2.24, 2.45) is 0 Å². The van der Waals surface area contributed by atoms with E-state index in [0.29, 0.717) is 11.1 Å². The molecule has 2 heterocycles. The molecule has 0 saturated carbocycles. The summed E-state index contributed by atoms with van der Waals surface area (Å²) in [5.41, 5.74) is 2.83. The quantitative estimate of drug-likeness (QED) is 0.600. The molecule has 1 unspecified atom stereocenters. The molecule has 0 spiro atoms. The fraction of sp³-hybridized carbons (Fsp3) is 0.318. The maximum absolute atomic E-state index is 5.91. The summed E-state index contributed by atoms with van der Waals surface area (Å²) in [4.78, 5) is 0. The van der Waals surface area contributed by atoms with E-state index in [1.54, 1.807) is 6.20 Å². The predicted octanol–water partition coefficient (Wildman–Crippen LogP) is 5.31. The summed E-state index contributed by atoms with van der Waals surface area (Å²) in [6, 6.07) is 16.0. The molecule has 134 valence electrons. The third-order valence-electron chi connectivity index (χ3n) is 5.13. The van der Waals surface area contributed by atoms with Gasteiger partial charge < -0.3 is 5.32 Å². The minimum atomic E-state index is 0.558. The molecule has 1 aliphatic rings. The lowest BCUT2D eigenvalue weighted by Crippen LogP contribution is -2.32. The summed E-state index contributed by atoms with van der Waals surface area (Å²) in [5.74, 6) is 0. The van der Waals surface area contributed by atoms with Gasteiger partial charge in [0.05, 0.1) is 11.2 Å². The Morgan fingerprint density at radius 1 is 1.12 bits per heavy atom. The molecule has 0 amide bonds. The topological polar surface area (TPSA) is 29.9 Å². The van der Waals surface area contributed by atoms with Crippen molar-refractivity contribution in [2.75, 3.05) is 6.54 Å². The van der Waals surface area contributed by atoms with Gasteiger partial charge in [0.25, 0.3) is 0 Å². The van der Waals surface area contributed by atoms with Crippen LogP contribution >= 0.6 is 11.6 Å². The van der Waals surface area contributed by atoms with Crippen LogP contribution in [0.15, 0.2) is 60.9 Å². The minimum absolute atomic E-state index is 0.558. The number of halogens is 1. The lowest BCUT2D eigenvalue weighted by Gasteiger charge is -2.25. The molecule has 4 heteroatoms. The first-order chi connectivity index (χ1) is 12.8. The van der Waals surface area contributed by atoms with Gasteiger partial charge in [0.1, 0.15) is 0 Å². The van der Waals surface area contributed by atoms with Gasteiger partial charge in [0, 0.05) is 25.3 Å². The molecule has 4 rings (SSSR count). The number of unbranched alkanes of at least 4 members (excludes halogenated alkanes) is 1. The van der Waals surface area contributed by atoms with Crippen molar-refractivity contribution in [3.8, 4) is 0 Å². The molecule has 0 radical (unpaired) electrons. The zero-order valence-electron chi connectivity index (χ0n) is 14.9. The molecular weight excluding hydrogens is 342 g/mol. The van der Waals surface area contributed by atoms with Crippen LogP contribution in [0.3, 0.4) is 0 Å². The van der Waals surface area contributed by atoms with Gasteiger partial charge in [0.2, 0.25) is 0 Å². The van der Waals surface area contributed by atoms with Crippen molar-refractivity contribution in [1.82, 2.24) is 15.1 Å². The van der Waals surface area contributed by atoms with Crippen LogP contribution in [0.5, 0.6) is 0 Å². The van der Waals surface area contributed by atoms with Crippen LogP contribution in [0.4, 0.5) is 0 Å². The zero-order chi connectivity index (χ0) is 17.8. The van der Waals surface area contributed by atoms with E-state index in [1.165, 1.54) is 34.8 Å². The van der Waals surface area contributed by atoms with Crippen LogP contribution in [0.25, 0.3) is 16.3 Å². The van der Waals surface area contributed by atoms with Gasteiger partial charge in [-0.1, -0.05) is 60.5 Å². The van der Waals surface area contributed by atoms with Gasteiger partial charge in [0.15, 0.2) is 0 Å². The molecule has 1 atom stereocenters. The second-order valence-corrected chi connectivity index (χ2v) is 7.45. The van der Waals surface area contributed by atoms with Crippen LogP contribution in [0.2, 0.25) is 5.02 Å². The number of nitrogens with zero attached hydrogens (tertiary/aromatic N) is 2. The predicted molar refractivity (Wildman–Crippen MR) is 109 cm³/mol. The number of fused-ring (bicyclic) bond motifs is 1. The largest absolute Gasteiger partial charge is 0.310 e. The lowest BCUT2D eigenvalue weighted by atomic mass is 9.91. The van der Waals surface area contributed by atoms with Gasteiger partial charge in [-0.2, -0.15) is 5.10 Å². The van der Waals surface area contributed by atoms with Crippen molar-refractivity contribution in [1.29, 1.82) is 0 Å². The second-order valence-electron chi connectivity index (χ2n) is 7.02. The summed E-state index contributed by atoms with van der Waals surface area (Å²) in [6.07, 6.45) is 10.6. The molecule has 1 aliphatic heterocycles. The van der Waals surface area contributed by atoms with E-state index in [0.717, 1.165) is 25.9 Å². The third-order valence-corrected chi connectivity index (χ3v) is 5.33. The summed E-state index contributed by atoms with van der Waals surface area (Å²) in [7, 11) is 0. The molecule has 1 aromatic heterocycles. The fourth-order valence-corrected chi connectivity index (χ4v) is 3.88. The van der Waals surface area contributed by atoms with E-state index in [4.69, 9.17) is 11.6 Å². The highest BCUT2D eigenvalue weighted by atomic mass is 35.5. The summed E-state index contributed by atoms with van der Waals surface area (Å²) in [6.45, 7) is 1.90. The van der Waals surface area contributed by atoms with Crippen LogP contribution in [0.1, 0.15) is 31.2 Å². The molecule has 26 heavy (non-hydrogen) atoms. The number of hydrogen-bond acceptors (Lipinski definition) is 2. The van der Waals surface area contributed by atoms with Gasteiger partial charge in [-0.3, -0.25) is 4.68 Å². The minimum Gasteiger partial charge on any atom is -0.310 e. The van der Waals surface area contributed by atoms with Crippen molar-refractivity contribution < 1.29 is 0 Å². The Bertz CT molecular complexity index is 912. The smallest absolute Gasteiger partial charge is 0.0785 e. The number of nitrogens with one attached hydrogen (secondary N) is 1. The average molecular weight is 366 g/mol. The Morgan fingerprint density at radius 2 is 2.00 bits per heavy atom. The zero-order valence-corrected chi connectivity index (χ0v) is 15.6. The van der Waals surface area contributed by atoms with E-state index >= 15 is 0 Å². The Kier molecular flexibility index (Phi) is 5.37. The number of aromatic nitrogens is 2. The summed E-state index contributed by atoms with van der Waals surface area (Å²) >= 11 is 5.91. The summed E-state index contributed by atoms with van der Waals surface area (Å²) < 4.78 is 1.93. The second kappa shape index (κ2) is 8.07. The molecule has 0 fully saturated rings. The standard InChI is InChI=1S/C22H24ClN3/c23-21-15-25-26(16-21)12-4-3-7-22-14-20(10-11-24-22)19-9-8-17-5-1-2-6-18(17)13-19/h1-2,5-6,8-10,13,15-16,22,24H,3-4,7,11-12,14H2. The Hall–Kier alpha value is -2.10. The van der Waals surface area contributed by atoms with Crippen molar-refractivity contribution in [2.45, 2.75) is 38.3 Å². The Labute approximate surface area is 159 Å². The number of rotatable bonds is 6. The van der Waals surface area contributed by atoms with Crippen molar-refractivity contribution in [3.63, 3.8) is 0 Å². The van der Waals surface area contributed by atoms with Crippen molar-refractivity contribution >= 4 is 27.9 Å². The highest BCUT2D eigenvalue weighted by molar-refractivity contribution is 6.30. The molecule has 3 aromatic rings. The molecule has 0 aliphatic carbocycles. The monoisotopic (exact) mass is 365 g/mol.